The number of hydrogen-bond acceptors (Lipinski definition) is 3. The first-order chi connectivity index (χ1) is 9.40. The molecule has 0 unspecified atom stereocenters. The Labute approximate surface area is 118 Å². The van der Waals surface area contributed by atoms with Crippen molar-refractivity contribution in [2.45, 2.75) is 39.2 Å². The number of rotatable bonds is 6. The lowest BCUT2D eigenvalue weighted by atomic mass is 9.92. The second-order valence-corrected chi connectivity index (χ2v) is 4.75. The highest BCUT2D eigenvalue weighted by Gasteiger charge is 2.37. The minimum absolute atomic E-state index is 0.318. The molecule has 5 nitrogen and oxygen atoms in total. The number of amides is 1. The summed E-state index contributed by atoms with van der Waals surface area (Å²) in [6.45, 7) is 5.34. The third-order valence-corrected chi connectivity index (χ3v) is 3.57. The van der Waals surface area contributed by atoms with Gasteiger partial charge in [-0.1, -0.05) is 25.5 Å². The van der Waals surface area contributed by atoms with Crippen LogP contribution in [0.5, 0.6) is 5.75 Å². The van der Waals surface area contributed by atoms with Gasteiger partial charge in [0.15, 0.2) is 0 Å². The lowest BCUT2D eigenvalue weighted by Crippen LogP contribution is -2.53. The van der Waals surface area contributed by atoms with Crippen molar-refractivity contribution in [3.63, 3.8) is 0 Å². The summed E-state index contributed by atoms with van der Waals surface area (Å²) in [4.78, 5) is 23.8. The number of aliphatic carboxylic acids is 1. The Morgan fingerprint density at radius 3 is 2.35 bits per heavy atom. The highest BCUT2D eigenvalue weighted by molar-refractivity contribution is 6.00. The van der Waals surface area contributed by atoms with E-state index in [0.29, 0.717) is 24.2 Å². The number of carboxylic acid groups (broad SMARTS) is 1. The van der Waals surface area contributed by atoms with Crippen molar-refractivity contribution in [2.24, 2.45) is 0 Å². The van der Waals surface area contributed by atoms with E-state index in [4.69, 9.17) is 4.74 Å². The summed E-state index contributed by atoms with van der Waals surface area (Å²) in [5.41, 5.74) is 0.0103. The molecule has 1 aromatic carbocycles. The van der Waals surface area contributed by atoms with Crippen molar-refractivity contribution >= 4 is 11.9 Å². The van der Waals surface area contributed by atoms with E-state index in [1.165, 1.54) is 7.11 Å². The van der Waals surface area contributed by atoms with Gasteiger partial charge < -0.3 is 15.2 Å². The molecule has 5 heteroatoms. The largest absolute Gasteiger partial charge is 0.496 e. The van der Waals surface area contributed by atoms with Crippen LogP contribution in [0.25, 0.3) is 0 Å². The molecule has 1 amide bonds. The van der Waals surface area contributed by atoms with Gasteiger partial charge in [-0.05, 0) is 31.9 Å². The van der Waals surface area contributed by atoms with Gasteiger partial charge in [0, 0.05) is 0 Å². The van der Waals surface area contributed by atoms with E-state index in [0.717, 1.165) is 5.56 Å². The normalized spacial score (nSPS) is 11.0. The summed E-state index contributed by atoms with van der Waals surface area (Å²) >= 11 is 0. The molecule has 1 aromatic rings. The molecule has 0 bridgehead atoms. The van der Waals surface area contributed by atoms with E-state index in [9.17, 15) is 14.7 Å². The number of nitrogens with one attached hydrogen (secondary N) is 1. The Morgan fingerprint density at radius 2 is 1.90 bits per heavy atom. The summed E-state index contributed by atoms with van der Waals surface area (Å²) in [5, 5.41) is 12.0. The van der Waals surface area contributed by atoms with Crippen LogP contribution in [-0.4, -0.2) is 29.6 Å². The second-order valence-electron chi connectivity index (χ2n) is 4.75. The first kappa shape index (κ1) is 16.0. The van der Waals surface area contributed by atoms with E-state index in [1.54, 1.807) is 26.0 Å². The molecule has 0 aliphatic carbocycles. The van der Waals surface area contributed by atoms with Crippen molar-refractivity contribution in [1.82, 2.24) is 5.32 Å². The molecular formula is C15H21NO4. The van der Waals surface area contributed by atoms with Crippen LogP contribution in [0, 0.1) is 6.92 Å². The van der Waals surface area contributed by atoms with Crippen molar-refractivity contribution in [2.75, 3.05) is 7.11 Å². The summed E-state index contributed by atoms with van der Waals surface area (Å²) in [6.07, 6.45) is 0.636. The molecule has 0 atom stereocenters. The summed E-state index contributed by atoms with van der Waals surface area (Å²) in [6, 6.07) is 5.22. The molecule has 0 aliphatic heterocycles. The molecule has 0 spiro atoms. The Bertz CT molecular complexity index is 507. The van der Waals surface area contributed by atoms with Gasteiger partial charge in [0.05, 0.1) is 12.7 Å². The van der Waals surface area contributed by atoms with Crippen LogP contribution in [0.15, 0.2) is 18.2 Å². The number of ether oxygens (including phenoxy) is 1. The SMILES string of the molecule is CCC(CC)(NC(=O)c1cc(C)ccc1OC)C(=O)O. The monoisotopic (exact) mass is 279 g/mol. The van der Waals surface area contributed by atoms with Crippen LogP contribution >= 0.6 is 0 Å². The number of methoxy groups -OCH3 is 1. The van der Waals surface area contributed by atoms with E-state index < -0.39 is 17.4 Å². The van der Waals surface area contributed by atoms with Crippen LogP contribution in [-0.2, 0) is 4.79 Å². The minimum atomic E-state index is -1.24. The topological polar surface area (TPSA) is 75.6 Å². The van der Waals surface area contributed by atoms with E-state index in [-0.39, 0.29) is 0 Å². The molecule has 0 aromatic heterocycles. The van der Waals surface area contributed by atoms with Crippen LogP contribution in [0.4, 0.5) is 0 Å². The van der Waals surface area contributed by atoms with Crippen LogP contribution in [0.3, 0.4) is 0 Å². The summed E-state index contributed by atoms with van der Waals surface area (Å²) in [7, 11) is 1.48. The minimum Gasteiger partial charge on any atom is -0.496 e. The van der Waals surface area contributed by atoms with Gasteiger partial charge in [-0.2, -0.15) is 0 Å². The van der Waals surface area contributed by atoms with Crippen molar-refractivity contribution in [3.05, 3.63) is 29.3 Å². The van der Waals surface area contributed by atoms with Gasteiger partial charge in [0.1, 0.15) is 11.3 Å². The quantitative estimate of drug-likeness (QED) is 0.838. The fourth-order valence-corrected chi connectivity index (χ4v) is 2.07. The molecule has 2 N–H and O–H groups in total. The van der Waals surface area contributed by atoms with E-state index >= 15 is 0 Å². The summed E-state index contributed by atoms with van der Waals surface area (Å²) in [5.74, 6) is -1.03. The molecule has 20 heavy (non-hydrogen) atoms. The number of benzene rings is 1. The van der Waals surface area contributed by atoms with Gasteiger partial charge in [0.25, 0.3) is 5.91 Å². The van der Waals surface area contributed by atoms with Gasteiger partial charge in [-0.15, -0.1) is 0 Å². The predicted octanol–water partition coefficient (Wildman–Crippen LogP) is 2.38. The van der Waals surface area contributed by atoms with Crippen LogP contribution < -0.4 is 10.1 Å². The van der Waals surface area contributed by atoms with Crippen LogP contribution in [0.1, 0.15) is 42.6 Å². The van der Waals surface area contributed by atoms with Gasteiger partial charge in [0.2, 0.25) is 0 Å². The smallest absolute Gasteiger partial charge is 0.329 e. The number of aryl methyl sites for hydroxylation is 1. The first-order valence-electron chi connectivity index (χ1n) is 6.60. The molecule has 0 radical (unpaired) electrons. The first-order valence-corrected chi connectivity index (χ1v) is 6.60. The lowest BCUT2D eigenvalue weighted by Gasteiger charge is -2.28. The highest BCUT2D eigenvalue weighted by atomic mass is 16.5. The zero-order chi connectivity index (χ0) is 15.3. The molecule has 110 valence electrons. The standard InChI is InChI=1S/C15H21NO4/c1-5-15(6-2,14(18)19)16-13(17)11-9-10(3)7-8-12(11)20-4/h7-9H,5-6H2,1-4H3,(H,16,17)(H,18,19). The Kier molecular flexibility index (Phi) is 5.13. The van der Waals surface area contributed by atoms with Gasteiger partial charge >= 0.3 is 5.97 Å². The van der Waals surface area contributed by atoms with Crippen molar-refractivity contribution in [1.29, 1.82) is 0 Å². The zero-order valence-electron chi connectivity index (χ0n) is 12.3. The third-order valence-electron chi connectivity index (χ3n) is 3.57. The molecule has 0 fully saturated rings. The maximum Gasteiger partial charge on any atom is 0.329 e. The van der Waals surface area contributed by atoms with Crippen LogP contribution in [0.2, 0.25) is 0 Å². The maximum absolute atomic E-state index is 12.4. The van der Waals surface area contributed by atoms with Crippen molar-refractivity contribution < 1.29 is 19.4 Å². The maximum atomic E-state index is 12.4. The summed E-state index contributed by atoms with van der Waals surface area (Å²) < 4.78 is 5.16. The lowest BCUT2D eigenvalue weighted by molar-refractivity contribution is -0.144. The molecular weight excluding hydrogens is 258 g/mol. The van der Waals surface area contributed by atoms with Gasteiger partial charge in [-0.25, -0.2) is 4.79 Å². The Hall–Kier alpha value is -2.04. The fraction of sp³-hybridized carbons (Fsp3) is 0.467. The molecule has 0 saturated carbocycles. The third kappa shape index (κ3) is 3.10. The Morgan fingerprint density at radius 1 is 1.30 bits per heavy atom. The Balaban J connectivity index is 3.12. The fourth-order valence-electron chi connectivity index (χ4n) is 2.07. The average Bonchev–Trinajstić information content (AvgIpc) is 2.44. The van der Waals surface area contributed by atoms with E-state index in [1.807, 2.05) is 13.0 Å². The molecule has 0 heterocycles. The molecule has 0 aliphatic rings. The van der Waals surface area contributed by atoms with E-state index in [2.05, 4.69) is 5.32 Å². The second kappa shape index (κ2) is 6.41. The number of carbonyl (C=O) groups is 2. The van der Waals surface area contributed by atoms with Crippen molar-refractivity contribution in [3.8, 4) is 5.75 Å². The zero-order valence-corrected chi connectivity index (χ0v) is 12.3. The number of carbonyl (C=O) groups excluding carboxylic acids is 1. The highest BCUT2D eigenvalue weighted by Crippen LogP contribution is 2.22. The van der Waals surface area contributed by atoms with Gasteiger partial charge in [-0.3, -0.25) is 4.79 Å². The number of carboxylic acids is 1. The molecule has 1 rings (SSSR count). The molecule has 0 saturated heterocycles. The number of hydrogen-bond donors (Lipinski definition) is 2. The average molecular weight is 279 g/mol. The predicted molar refractivity (Wildman–Crippen MR) is 76.1 cm³/mol.